The molecule has 3 N–H and O–H groups in total. The van der Waals surface area contributed by atoms with Crippen LogP contribution in [0.4, 0.5) is 8.78 Å². The van der Waals surface area contributed by atoms with Crippen molar-refractivity contribution in [2.75, 3.05) is 19.7 Å². The molecule has 0 aliphatic rings. The molecule has 2 aromatic rings. The van der Waals surface area contributed by atoms with Gasteiger partial charge in [0.1, 0.15) is 22.9 Å². The van der Waals surface area contributed by atoms with E-state index in [4.69, 9.17) is 9.15 Å². The van der Waals surface area contributed by atoms with Gasteiger partial charge in [-0.15, -0.1) is 0 Å². The van der Waals surface area contributed by atoms with Crippen molar-refractivity contribution < 1.29 is 27.8 Å². The third-order valence-electron chi connectivity index (χ3n) is 4.13. The summed E-state index contributed by atoms with van der Waals surface area (Å²) in [5.41, 5.74) is -0.767. The maximum absolute atomic E-state index is 12.8. The van der Waals surface area contributed by atoms with Gasteiger partial charge < -0.3 is 29.6 Å². The van der Waals surface area contributed by atoms with Crippen molar-refractivity contribution in [3.05, 3.63) is 47.9 Å². The molecule has 0 spiro atoms. The first-order valence-corrected chi connectivity index (χ1v) is 9.84. The molecule has 0 bridgehead atoms. The fourth-order valence-electron chi connectivity index (χ4n) is 2.61. The molecule has 0 aliphatic carbocycles. The monoisotopic (exact) mass is 425 g/mol. The number of nitrogens with one attached hydrogen (secondary N) is 2. The van der Waals surface area contributed by atoms with Crippen molar-refractivity contribution in [1.82, 2.24) is 10.6 Å². The Kier molecular flexibility index (Phi) is 8.91. The van der Waals surface area contributed by atoms with Crippen LogP contribution in [-0.4, -0.2) is 37.4 Å². The molecule has 1 atom stereocenters. The number of rotatable bonds is 11. The van der Waals surface area contributed by atoms with Crippen molar-refractivity contribution in [2.24, 2.45) is 4.99 Å². The highest BCUT2D eigenvalue weighted by Crippen LogP contribution is 2.27. The minimum atomic E-state index is -2.95. The molecule has 1 aromatic heterocycles. The van der Waals surface area contributed by atoms with Gasteiger partial charge in [-0.25, -0.2) is 4.99 Å². The Morgan fingerprint density at radius 1 is 1.27 bits per heavy atom. The van der Waals surface area contributed by atoms with Crippen LogP contribution in [0.5, 0.6) is 11.5 Å². The smallest absolute Gasteiger partial charge is 0.387 e. The number of aliphatic hydroxyl groups is 1. The molecule has 0 amide bonds. The lowest BCUT2D eigenvalue weighted by Crippen LogP contribution is -2.44. The van der Waals surface area contributed by atoms with E-state index in [1.807, 2.05) is 13.8 Å². The third kappa shape index (κ3) is 7.22. The van der Waals surface area contributed by atoms with Gasteiger partial charge in [-0.3, -0.25) is 0 Å². The number of ether oxygens (including phenoxy) is 2. The number of aliphatic imine (C=N–C) groups is 1. The van der Waals surface area contributed by atoms with Crippen molar-refractivity contribution in [3.8, 4) is 11.5 Å². The van der Waals surface area contributed by atoms with Gasteiger partial charge in [0.2, 0.25) is 0 Å². The van der Waals surface area contributed by atoms with Crippen LogP contribution in [0, 0.1) is 0 Å². The van der Waals surface area contributed by atoms with Crippen LogP contribution in [0.3, 0.4) is 0 Å². The Hall–Kier alpha value is -2.81. The van der Waals surface area contributed by atoms with Crippen LogP contribution >= 0.6 is 0 Å². The van der Waals surface area contributed by atoms with Gasteiger partial charge in [-0.2, -0.15) is 8.78 Å². The summed E-state index contributed by atoms with van der Waals surface area (Å²) in [5.74, 6) is 1.31. The van der Waals surface area contributed by atoms with E-state index in [0.717, 1.165) is 6.42 Å². The minimum Gasteiger partial charge on any atom is -0.493 e. The van der Waals surface area contributed by atoms with E-state index in [-0.39, 0.29) is 18.8 Å². The first kappa shape index (κ1) is 23.5. The molecular formula is C21H29F2N3O4. The zero-order chi connectivity index (χ0) is 22.0. The number of halogens is 2. The molecule has 7 nitrogen and oxygen atoms in total. The van der Waals surface area contributed by atoms with Crippen LogP contribution in [-0.2, 0) is 12.1 Å². The fraction of sp³-hybridized carbons (Fsp3) is 0.476. The van der Waals surface area contributed by atoms with Crippen molar-refractivity contribution in [3.63, 3.8) is 0 Å². The Bertz CT molecular complexity index is 796. The number of guanidine groups is 1. The molecule has 1 heterocycles. The molecular weight excluding hydrogens is 396 g/mol. The lowest BCUT2D eigenvalue weighted by atomic mass is 10.0. The van der Waals surface area contributed by atoms with Gasteiger partial charge in [0, 0.05) is 18.2 Å². The quantitative estimate of drug-likeness (QED) is 0.376. The molecule has 30 heavy (non-hydrogen) atoms. The zero-order valence-corrected chi connectivity index (χ0v) is 17.5. The molecule has 0 fully saturated rings. The second-order valence-corrected chi connectivity index (χ2v) is 6.80. The van der Waals surface area contributed by atoms with Gasteiger partial charge in [0.25, 0.3) is 0 Å². The van der Waals surface area contributed by atoms with E-state index in [1.54, 1.807) is 31.2 Å². The third-order valence-corrected chi connectivity index (χ3v) is 4.13. The SMILES string of the molecule is CCCOc1ccc(CN=C(NCC)NCC(C)(O)c2ccco2)c(OC(F)F)c1. The van der Waals surface area contributed by atoms with Crippen molar-refractivity contribution in [1.29, 1.82) is 0 Å². The predicted octanol–water partition coefficient (Wildman–Crippen LogP) is 3.63. The summed E-state index contributed by atoms with van der Waals surface area (Å²) in [4.78, 5) is 4.41. The van der Waals surface area contributed by atoms with Gasteiger partial charge >= 0.3 is 6.61 Å². The summed E-state index contributed by atoms with van der Waals surface area (Å²) >= 11 is 0. The van der Waals surface area contributed by atoms with E-state index >= 15 is 0 Å². The van der Waals surface area contributed by atoms with Crippen molar-refractivity contribution in [2.45, 2.75) is 45.9 Å². The predicted molar refractivity (Wildman–Crippen MR) is 110 cm³/mol. The highest BCUT2D eigenvalue weighted by Gasteiger charge is 2.26. The number of nitrogens with zero attached hydrogens (tertiary/aromatic N) is 1. The summed E-state index contributed by atoms with van der Waals surface area (Å²) in [6.45, 7) is 3.81. The summed E-state index contributed by atoms with van der Waals surface area (Å²) in [6, 6.07) is 8.16. The average molecular weight is 425 g/mol. The molecule has 2 rings (SSSR count). The van der Waals surface area contributed by atoms with Crippen molar-refractivity contribution >= 4 is 5.96 Å². The summed E-state index contributed by atoms with van der Waals surface area (Å²) in [6.07, 6.45) is 2.29. The second-order valence-electron chi connectivity index (χ2n) is 6.80. The maximum Gasteiger partial charge on any atom is 0.387 e. The molecule has 1 unspecified atom stereocenters. The van der Waals surface area contributed by atoms with E-state index in [1.165, 1.54) is 12.3 Å². The summed E-state index contributed by atoms with van der Waals surface area (Å²) in [5, 5.41) is 16.7. The molecule has 0 aliphatic heterocycles. The van der Waals surface area contributed by atoms with Gasteiger partial charge in [-0.1, -0.05) is 6.92 Å². The van der Waals surface area contributed by atoms with E-state index in [9.17, 15) is 13.9 Å². The highest BCUT2D eigenvalue weighted by molar-refractivity contribution is 5.79. The molecule has 0 saturated carbocycles. The maximum atomic E-state index is 12.8. The normalized spacial score (nSPS) is 13.8. The van der Waals surface area contributed by atoms with Crippen LogP contribution in [0.2, 0.25) is 0 Å². The minimum absolute atomic E-state index is 0.0146. The Morgan fingerprint density at radius 3 is 2.70 bits per heavy atom. The van der Waals surface area contributed by atoms with Gasteiger partial charge in [0.05, 0.1) is 26.0 Å². The highest BCUT2D eigenvalue weighted by atomic mass is 19.3. The summed E-state index contributed by atoms with van der Waals surface area (Å²) < 4.78 is 41.1. The van der Waals surface area contributed by atoms with Crippen LogP contribution in [0.15, 0.2) is 46.0 Å². The molecule has 0 saturated heterocycles. The number of alkyl halides is 2. The van der Waals surface area contributed by atoms with E-state index < -0.39 is 12.2 Å². The lowest BCUT2D eigenvalue weighted by Gasteiger charge is -2.22. The Morgan fingerprint density at radius 2 is 2.07 bits per heavy atom. The zero-order valence-electron chi connectivity index (χ0n) is 17.5. The topological polar surface area (TPSA) is 88.2 Å². The first-order valence-electron chi connectivity index (χ1n) is 9.84. The number of hydrogen-bond acceptors (Lipinski definition) is 5. The number of benzene rings is 1. The van der Waals surface area contributed by atoms with Crippen LogP contribution in [0.1, 0.15) is 38.5 Å². The molecule has 1 aromatic carbocycles. The molecule has 0 radical (unpaired) electrons. The fourth-order valence-corrected chi connectivity index (χ4v) is 2.61. The van der Waals surface area contributed by atoms with E-state index in [2.05, 4.69) is 20.4 Å². The largest absolute Gasteiger partial charge is 0.493 e. The number of hydrogen-bond donors (Lipinski definition) is 3. The Balaban J connectivity index is 2.12. The first-order chi connectivity index (χ1) is 14.4. The van der Waals surface area contributed by atoms with Crippen LogP contribution in [0.25, 0.3) is 0 Å². The molecule has 166 valence electrons. The van der Waals surface area contributed by atoms with E-state index in [0.29, 0.717) is 36.2 Å². The number of furan rings is 1. The second kappa shape index (κ2) is 11.4. The van der Waals surface area contributed by atoms with Crippen LogP contribution < -0.4 is 20.1 Å². The van der Waals surface area contributed by atoms with Gasteiger partial charge in [-0.05, 0) is 44.5 Å². The average Bonchev–Trinajstić information content (AvgIpc) is 3.25. The standard InChI is InChI=1S/C21H29F2N3O4/c1-4-10-28-16-9-8-15(17(12-16)30-19(22)23)13-25-20(24-5-2)26-14-21(3,27)18-7-6-11-29-18/h6-9,11-12,19,27H,4-5,10,13-14H2,1-3H3,(H2,24,25,26). The molecule has 9 heteroatoms. The lowest BCUT2D eigenvalue weighted by molar-refractivity contribution is -0.0505. The van der Waals surface area contributed by atoms with Gasteiger partial charge in [0.15, 0.2) is 5.96 Å². The Labute approximate surface area is 175 Å². The summed E-state index contributed by atoms with van der Waals surface area (Å²) in [7, 11) is 0.